The summed E-state index contributed by atoms with van der Waals surface area (Å²) < 4.78 is 0. The van der Waals surface area contributed by atoms with Gasteiger partial charge in [0.1, 0.15) is 0 Å². The van der Waals surface area contributed by atoms with E-state index in [1.807, 2.05) is 0 Å². The number of thiocarbonyl (C=S) groups is 1. The van der Waals surface area contributed by atoms with Gasteiger partial charge in [-0.15, -0.1) is 0 Å². The standard InChI is InChI=1S/C6H12N2OS/c1-2-6(9)8-4-3-5(7)10/h2-4H2,1H3,(H2,7,10)(H,8,9). The Morgan fingerprint density at radius 3 is 2.70 bits per heavy atom. The molecule has 0 unspecified atom stereocenters. The lowest BCUT2D eigenvalue weighted by atomic mass is 10.4. The van der Waals surface area contributed by atoms with E-state index in [9.17, 15) is 4.79 Å². The summed E-state index contributed by atoms with van der Waals surface area (Å²) in [5.74, 6) is 0.0382. The molecule has 0 spiro atoms. The van der Waals surface area contributed by atoms with Gasteiger partial charge in [-0.05, 0) is 0 Å². The molecule has 0 aromatic carbocycles. The smallest absolute Gasteiger partial charge is 0.219 e. The number of nitrogens with one attached hydrogen (secondary N) is 1. The summed E-state index contributed by atoms with van der Waals surface area (Å²) in [6, 6.07) is 0. The van der Waals surface area contributed by atoms with Crippen LogP contribution in [-0.4, -0.2) is 17.4 Å². The summed E-state index contributed by atoms with van der Waals surface area (Å²) in [7, 11) is 0. The summed E-state index contributed by atoms with van der Waals surface area (Å²) in [6.45, 7) is 2.36. The summed E-state index contributed by atoms with van der Waals surface area (Å²) in [4.78, 5) is 11.0. The molecular formula is C6H12N2OS. The maximum Gasteiger partial charge on any atom is 0.219 e. The Bertz CT molecular complexity index is 136. The van der Waals surface area contributed by atoms with Crippen molar-refractivity contribution in [1.29, 1.82) is 0 Å². The van der Waals surface area contributed by atoms with Crippen molar-refractivity contribution in [3.8, 4) is 0 Å². The second-order valence-corrected chi connectivity index (χ2v) is 2.44. The molecule has 1 amide bonds. The Labute approximate surface area is 66.0 Å². The van der Waals surface area contributed by atoms with E-state index in [1.54, 1.807) is 6.92 Å². The number of hydrogen-bond acceptors (Lipinski definition) is 2. The van der Waals surface area contributed by atoms with E-state index in [-0.39, 0.29) is 5.91 Å². The second-order valence-electron chi connectivity index (χ2n) is 1.92. The van der Waals surface area contributed by atoms with Gasteiger partial charge in [-0.2, -0.15) is 0 Å². The van der Waals surface area contributed by atoms with Crippen LogP contribution in [-0.2, 0) is 4.79 Å². The molecule has 0 rings (SSSR count). The quantitative estimate of drug-likeness (QED) is 0.577. The lowest BCUT2D eigenvalue weighted by Gasteiger charge is -2.00. The third kappa shape index (κ3) is 5.50. The maximum atomic E-state index is 10.6. The van der Waals surface area contributed by atoms with Crippen molar-refractivity contribution in [2.75, 3.05) is 6.54 Å². The van der Waals surface area contributed by atoms with Crippen molar-refractivity contribution < 1.29 is 4.79 Å². The Hall–Kier alpha value is -0.640. The first kappa shape index (κ1) is 9.36. The fourth-order valence-electron chi connectivity index (χ4n) is 0.450. The molecule has 0 saturated carbocycles. The minimum atomic E-state index is 0.0382. The normalized spacial score (nSPS) is 8.90. The molecule has 0 atom stereocenters. The van der Waals surface area contributed by atoms with Crippen LogP contribution >= 0.6 is 12.2 Å². The van der Waals surface area contributed by atoms with Crippen molar-refractivity contribution >= 4 is 23.1 Å². The van der Waals surface area contributed by atoms with Crippen LogP contribution in [0.5, 0.6) is 0 Å². The molecule has 0 radical (unpaired) electrons. The molecule has 0 saturated heterocycles. The zero-order chi connectivity index (χ0) is 7.98. The molecule has 0 aliphatic rings. The molecule has 0 fully saturated rings. The second kappa shape index (κ2) is 5.17. The fourth-order valence-corrected chi connectivity index (χ4v) is 0.552. The van der Waals surface area contributed by atoms with E-state index in [4.69, 9.17) is 5.73 Å². The molecule has 10 heavy (non-hydrogen) atoms. The first-order valence-electron chi connectivity index (χ1n) is 3.21. The van der Waals surface area contributed by atoms with Crippen molar-refractivity contribution in [3.63, 3.8) is 0 Å². The van der Waals surface area contributed by atoms with Crippen LogP contribution in [0.1, 0.15) is 19.8 Å². The summed E-state index contributed by atoms with van der Waals surface area (Å²) in [6.07, 6.45) is 1.10. The third-order valence-corrected chi connectivity index (χ3v) is 1.22. The Morgan fingerprint density at radius 2 is 2.30 bits per heavy atom. The van der Waals surface area contributed by atoms with E-state index >= 15 is 0 Å². The van der Waals surface area contributed by atoms with E-state index in [2.05, 4.69) is 17.5 Å². The summed E-state index contributed by atoms with van der Waals surface area (Å²) in [5, 5.41) is 2.66. The predicted molar refractivity (Wildman–Crippen MR) is 44.7 cm³/mol. The van der Waals surface area contributed by atoms with Gasteiger partial charge in [-0.25, -0.2) is 0 Å². The highest BCUT2D eigenvalue weighted by Gasteiger charge is 1.94. The molecule has 0 aliphatic heterocycles. The molecule has 3 N–H and O–H groups in total. The van der Waals surface area contributed by atoms with Crippen molar-refractivity contribution in [2.24, 2.45) is 5.73 Å². The Balaban J connectivity index is 3.20. The highest BCUT2D eigenvalue weighted by molar-refractivity contribution is 7.80. The molecule has 0 bridgehead atoms. The zero-order valence-electron chi connectivity index (χ0n) is 6.02. The molecule has 0 aromatic heterocycles. The van der Waals surface area contributed by atoms with Gasteiger partial charge in [0.05, 0.1) is 4.99 Å². The van der Waals surface area contributed by atoms with Crippen LogP contribution in [0, 0.1) is 0 Å². The van der Waals surface area contributed by atoms with Crippen LogP contribution in [0.15, 0.2) is 0 Å². The molecule has 3 nitrogen and oxygen atoms in total. The molecular weight excluding hydrogens is 148 g/mol. The van der Waals surface area contributed by atoms with E-state index in [1.165, 1.54) is 0 Å². The number of nitrogens with two attached hydrogens (primary N) is 1. The number of hydrogen-bond donors (Lipinski definition) is 2. The largest absolute Gasteiger partial charge is 0.393 e. The van der Waals surface area contributed by atoms with Gasteiger partial charge in [0.15, 0.2) is 0 Å². The van der Waals surface area contributed by atoms with Gasteiger partial charge in [-0.1, -0.05) is 19.1 Å². The zero-order valence-corrected chi connectivity index (χ0v) is 6.83. The van der Waals surface area contributed by atoms with E-state index in [0.29, 0.717) is 24.4 Å². The number of carbonyl (C=O) groups is 1. The van der Waals surface area contributed by atoms with Crippen LogP contribution in [0.3, 0.4) is 0 Å². The van der Waals surface area contributed by atoms with Crippen LogP contribution in [0.4, 0.5) is 0 Å². The van der Waals surface area contributed by atoms with Gasteiger partial charge in [-0.3, -0.25) is 4.79 Å². The lowest BCUT2D eigenvalue weighted by molar-refractivity contribution is -0.120. The number of amides is 1. The molecule has 0 aromatic rings. The molecule has 4 heteroatoms. The van der Waals surface area contributed by atoms with E-state index < -0.39 is 0 Å². The fraction of sp³-hybridized carbons (Fsp3) is 0.667. The van der Waals surface area contributed by atoms with Crippen molar-refractivity contribution in [2.45, 2.75) is 19.8 Å². The van der Waals surface area contributed by atoms with Gasteiger partial charge in [0.25, 0.3) is 0 Å². The number of rotatable bonds is 4. The van der Waals surface area contributed by atoms with Crippen molar-refractivity contribution in [3.05, 3.63) is 0 Å². The van der Waals surface area contributed by atoms with Gasteiger partial charge in [0.2, 0.25) is 5.91 Å². The highest BCUT2D eigenvalue weighted by Crippen LogP contribution is 1.78. The lowest BCUT2D eigenvalue weighted by Crippen LogP contribution is -2.26. The minimum absolute atomic E-state index is 0.0382. The van der Waals surface area contributed by atoms with Gasteiger partial charge >= 0.3 is 0 Å². The van der Waals surface area contributed by atoms with Crippen LogP contribution in [0.2, 0.25) is 0 Å². The van der Waals surface area contributed by atoms with Crippen LogP contribution in [0.25, 0.3) is 0 Å². The predicted octanol–water partition coefficient (Wildman–Crippen LogP) is 0.189. The number of carbonyl (C=O) groups excluding carboxylic acids is 1. The first-order valence-corrected chi connectivity index (χ1v) is 3.62. The van der Waals surface area contributed by atoms with Crippen LogP contribution < -0.4 is 11.1 Å². The minimum Gasteiger partial charge on any atom is -0.393 e. The van der Waals surface area contributed by atoms with Gasteiger partial charge < -0.3 is 11.1 Å². The molecule has 0 aliphatic carbocycles. The topological polar surface area (TPSA) is 55.1 Å². The monoisotopic (exact) mass is 160 g/mol. The average Bonchev–Trinajstić information content (AvgIpc) is 1.87. The highest BCUT2D eigenvalue weighted by atomic mass is 32.1. The summed E-state index contributed by atoms with van der Waals surface area (Å²) >= 11 is 4.61. The molecule has 58 valence electrons. The van der Waals surface area contributed by atoms with E-state index in [0.717, 1.165) is 0 Å². The van der Waals surface area contributed by atoms with Gasteiger partial charge in [0, 0.05) is 19.4 Å². The molecule has 0 heterocycles. The third-order valence-electron chi connectivity index (χ3n) is 1.01. The average molecular weight is 160 g/mol. The Kier molecular flexibility index (Phi) is 4.84. The maximum absolute atomic E-state index is 10.6. The summed E-state index contributed by atoms with van der Waals surface area (Å²) in [5.41, 5.74) is 5.20. The first-order chi connectivity index (χ1) is 4.66. The Morgan fingerprint density at radius 1 is 1.70 bits per heavy atom. The van der Waals surface area contributed by atoms with Crippen molar-refractivity contribution in [1.82, 2.24) is 5.32 Å². The SMILES string of the molecule is CCC(=O)NCCC(N)=S.